The van der Waals surface area contributed by atoms with Gasteiger partial charge < -0.3 is 0 Å². The van der Waals surface area contributed by atoms with Crippen LogP contribution in [0.2, 0.25) is 0 Å². The Morgan fingerprint density at radius 3 is 2.62 bits per heavy atom. The molecule has 0 spiro atoms. The van der Waals surface area contributed by atoms with Crippen LogP contribution in [0.25, 0.3) is 0 Å². The Morgan fingerprint density at radius 2 is 1.90 bits per heavy atom. The summed E-state index contributed by atoms with van der Waals surface area (Å²) in [5.74, 6) is 1.34. The van der Waals surface area contributed by atoms with Gasteiger partial charge in [0.15, 0.2) is 5.78 Å². The molecular weight excluding hydrogens is 256 g/mol. The summed E-state index contributed by atoms with van der Waals surface area (Å²) < 4.78 is 0. The minimum Gasteiger partial charge on any atom is -0.295 e. The van der Waals surface area contributed by atoms with E-state index in [2.05, 4.69) is 39.5 Å². The molecule has 0 unspecified atom stereocenters. The summed E-state index contributed by atoms with van der Waals surface area (Å²) in [7, 11) is 0. The van der Waals surface area contributed by atoms with Crippen LogP contribution in [-0.4, -0.2) is 5.78 Å². The van der Waals surface area contributed by atoms with Crippen molar-refractivity contribution in [3.63, 3.8) is 0 Å². The Bertz CT molecular complexity index is 609. The number of carbonyl (C=O) groups excluding carboxylic acids is 1. The normalized spacial score (nSPS) is 51.1. The molecule has 112 valence electrons. The Hall–Kier alpha value is -1.11. The highest BCUT2D eigenvalue weighted by Crippen LogP contribution is 2.68. The van der Waals surface area contributed by atoms with Crippen molar-refractivity contribution in [2.24, 2.45) is 28.1 Å². The highest BCUT2D eigenvalue weighted by Gasteiger charge is 2.62. The van der Waals surface area contributed by atoms with Crippen molar-refractivity contribution in [1.82, 2.24) is 0 Å². The van der Waals surface area contributed by atoms with E-state index in [1.54, 1.807) is 0 Å². The molecule has 5 atom stereocenters. The van der Waals surface area contributed by atoms with Crippen LogP contribution in [0.15, 0.2) is 36.0 Å². The topological polar surface area (TPSA) is 17.1 Å². The molecule has 0 N–H and O–H groups in total. The number of hydrogen-bond donors (Lipinski definition) is 0. The Kier molecular flexibility index (Phi) is 2.45. The van der Waals surface area contributed by atoms with Gasteiger partial charge in [0.05, 0.1) is 0 Å². The van der Waals surface area contributed by atoms with Crippen LogP contribution >= 0.6 is 0 Å². The largest absolute Gasteiger partial charge is 0.295 e. The zero-order chi connectivity index (χ0) is 15.0. The molecule has 0 heterocycles. The standard InChI is InChI=1S/C20H26O/c1-5-18(2)8-9-19(3)13(11-18)6-7-14-15(19)10-17(21)16-12-20(14,16)4/h5,7,10,13,16H,1,6,8-9,11-12H2,2-4H3/t13-,16-,18-,19-,20+/m1/s1. The molecule has 2 fully saturated rings. The van der Waals surface area contributed by atoms with Gasteiger partial charge >= 0.3 is 0 Å². The number of allylic oxidation sites excluding steroid dienone is 5. The third kappa shape index (κ3) is 1.61. The second kappa shape index (κ2) is 3.80. The molecule has 2 saturated carbocycles. The molecule has 1 nitrogen and oxygen atoms in total. The Morgan fingerprint density at radius 1 is 1.14 bits per heavy atom. The first-order chi connectivity index (χ1) is 9.82. The van der Waals surface area contributed by atoms with Gasteiger partial charge in [0, 0.05) is 11.3 Å². The fourth-order valence-corrected chi connectivity index (χ4v) is 5.30. The van der Waals surface area contributed by atoms with Gasteiger partial charge in [0.25, 0.3) is 0 Å². The van der Waals surface area contributed by atoms with Crippen LogP contribution in [0, 0.1) is 28.1 Å². The van der Waals surface area contributed by atoms with Crippen LogP contribution in [0.3, 0.4) is 0 Å². The molecule has 0 radical (unpaired) electrons. The maximum atomic E-state index is 12.4. The summed E-state index contributed by atoms with van der Waals surface area (Å²) in [5, 5.41) is 0. The highest BCUT2D eigenvalue weighted by molar-refractivity contribution is 5.99. The minimum atomic E-state index is 0.175. The van der Waals surface area contributed by atoms with Gasteiger partial charge in [0.1, 0.15) is 0 Å². The van der Waals surface area contributed by atoms with Gasteiger partial charge in [-0.25, -0.2) is 0 Å². The Balaban J connectivity index is 1.78. The van der Waals surface area contributed by atoms with E-state index < -0.39 is 0 Å². The summed E-state index contributed by atoms with van der Waals surface area (Å²) in [6.45, 7) is 11.1. The molecule has 4 rings (SSSR count). The van der Waals surface area contributed by atoms with Gasteiger partial charge in [-0.15, -0.1) is 6.58 Å². The summed E-state index contributed by atoms with van der Waals surface area (Å²) in [6.07, 6.45) is 12.5. The molecule has 0 bridgehead atoms. The van der Waals surface area contributed by atoms with Gasteiger partial charge in [-0.3, -0.25) is 4.79 Å². The third-order valence-corrected chi connectivity index (χ3v) is 7.32. The first kappa shape index (κ1) is 13.5. The molecule has 4 aliphatic rings. The highest BCUT2D eigenvalue weighted by atomic mass is 16.1. The number of hydrogen-bond acceptors (Lipinski definition) is 1. The molecule has 0 aliphatic heterocycles. The minimum absolute atomic E-state index is 0.175. The summed E-state index contributed by atoms with van der Waals surface area (Å²) in [6, 6.07) is 0. The van der Waals surface area contributed by atoms with Gasteiger partial charge in [-0.05, 0) is 66.1 Å². The van der Waals surface area contributed by atoms with Crippen LogP contribution < -0.4 is 0 Å². The van der Waals surface area contributed by atoms with Gasteiger partial charge in [-0.2, -0.15) is 0 Å². The van der Waals surface area contributed by atoms with Crippen molar-refractivity contribution in [2.45, 2.75) is 52.9 Å². The molecule has 0 saturated heterocycles. The predicted octanol–water partition coefficient (Wildman–Crippen LogP) is 4.85. The quantitative estimate of drug-likeness (QED) is 0.628. The van der Waals surface area contributed by atoms with E-state index in [-0.39, 0.29) is 22.2 Å². The number of carbonyl (C=O) groups is 1. The SMILES string of the molecule is C=C[C@]1(C)CC[C@@]2(C)C3=CC(=O)[C@H]4C[C@@]4(C)C3=CC[C@@H]2C1. The first-order valence-electron chi connectivity index (χ1n) is 8.43. The zero-order valence-corrected chi connectivity index (χ0v) is 13.5. The van der Waals surface area contributed by atoms with E-state index in [9.17, 15) is 4.79 Å². The summed E-state index contributed by atoms with van der Waals surface area (Å²) in [5.41, 5.74) is 3.58. The predicted molar refractivity (Wildman–Crippen MR) is 85.8 cm³/mol. The van der Waals surface area contributed by atoms with Crippen LogP contribution in [0.5, 0.6) is 0 Å². The average molecular weight is 282 g/mol. The lowest BCUT2D eigenvalue weighted by atomic mass is 9.51. The van der Waals surface area contributed by atoms with Crippen LogP contribution in [0.4, 0.5) is 0 Å². The van der Waals surface area contributed by atoms with E-state index in [1.165, 1.54) is 36.8 Å². The molecule has 0 aromatic carbocycles. The first-order valence-corrected chi connectivity index (χ1v) is 8.43. The lowest BCUT2D eigenvalue weighted by Crippen LogP contribution is -2.43. The molecular formula is C20H26O. The molecule has 0 aromatic heterocycles. The molecule has 0 aromatic rings. The lowest BCUT2D eigenvalue weighted by Gasteiger charge is -2.53. The zero-order valence-electron chi connectivity index (χ0n) is 13.5. The fraction of sp³-hybridized carbons (Fsp3) is 0.650. The maximum absolute atomic E-state index is 12.4. The summed E-state index contributed by atoms with van der Waals surface area (Å²) in [4.78, 5) is 12.4. The maximum Gasteiger partial charge on any atom is 0.159 e. The number of fused-ring (bicyclic) bond motifs is 5. The van der Waals surface area contributed by atoms with Gasteiger partial charge in [0.2, 0.25) is 0 Å². The average Bonchev–Trinajstić information content (AvgIpc) is 3.15. The fourth-order valence-electron chi connectivity index (χ4n) is 5.30. The van der Waals surface area contributed by atoms with Crippen molar-refractivity contribution >= 4 is 5.78 Å². The van der Waals surface area contributed by atoms with Crippen LogP contribution in [0.1, 0.15) is 52.9 Å². The van der Waals surface area contributed by atoms with E-state index in [0.717, 1.165) is 6.42 Å². The van der Waals surface area contributed by atoms with Crippen molar-refractivity contribution < 1.29 is 4.79 Å². The van der Waals surface area contributed by atoms with Crippen molar-refractivity contribution in [3.05, 3.63) is 36.0 Å². The lowest BCUT2D eigenvalue weighted by molar-refractivity contribution is -0.116. The van der Waals surface area contributed by atoms with Crippen molar-refractivity contribution in [3.8, 4) is 0 Å². The van der Waals surface area contributed by atoms with E-state index in [1.807, 2.05) is 6.08 Å². The summed E-state index contributed by atoms with van der Waals surface area (Å²) >= 11 is 0. The van der Waals surface area contributed by atoms with Crippen molar-refractivity contribution in [1.29, 1.82) is 0 Å². The van der Waals surface area contributed by atoms with E-state index in [4.69, 9.17) is 0 Å². The molecule has 21 heavy (non-hydrogen) atoms. The monoisotopic (exact) mass is 282 g/mol. The number of rotatable bonds is 1. The van der Waals surface area contributed by atoms with Crippen LogP contribution in [-0.2, 0) is 4.79 Å². The molecule has 0 amide bonds. The third-order valence-electron chi connectivity index (χ3n) is 7.32. The van der Waals surface area contributed by atoms with Crippen molar-refractivity contribution in [2.75, 3.05) is 0 Å². The van der Waals surface area contributed by atoms with E-state index >= 15 is 0 Å². The smallest absolute Gasteiger partial charge is 0.159 e. The number of ketones is 1. The second-order valence-corrected chi connectivity index (χ2v) is 8.66. The van der Waals surface area contributed by atoms with Gasteiger partial charge in [-0.1, -0.05) is 32.9 Å². The molecule has 1 heteroatoms. The Labute approximate surface area is 128 Å². The van der Waals surface area contributed by atoms with E-state index in [0.29, 0.717) is 11.7 Å². The molecule has 4 aliphatic carbocycles. The second-order valence-electron chi connectivity index (χ2n) is 8.66.